The number of aryl methyl sites for hydroxylation is 1. The minimum atomic E-state index is -2.94. The van der Waals surface area contributed by atoms with Crippen LogP contribution in [0.4, 0.5) is 26.0 Å². The summed E-state index contributed by atoms with van der Waals surface area (Å²) in [4.78, 5) is 40.4. The zero-order chi connectivity index (χ0) is 38.8. The number of alkyl halides is 2. The zero-order valence-electron chi connectivity index (χ0n) is 30.0. The number of hydrogen-bond donors (Lipinski definition) is 4. The summed E-state index contributed by atoms with van der Waals surface area (Å²) in [6.07, 6.45) is 0.352. The largest absolute Gasteiger partial charge is 0.462 e. The van der Waals surface area contributed by atoms with Crippen molar-refractivity contribution in [3.05, 3.63) is 87.5 Å². The predicted octanol–water partition coefficient (Wildman–Crippen LogP) is 7.07. The summed E-state index contributed by atoms with van der Waals surface area (Å²) in [6, 6.07) is 13.5. The Morgan fingerprint density at radius 2 is 1.76 bits per heavy atom. The van der Waals surface area contributed by atoms with Gasteiger partial charge in [0, 0.05) is 49.5 Å². The van der Waals surface area contributed by atoms with Crippen LogP contribution in [0, 0.1) is 0 Å². The van der Waals surface area contributed by atoms with Crippen LogP contribution in [0.15, 0.2) is 54.7 Å². The van der Waals surface area contributed by atoms with E-state index >= 15 is 0 Å². The number of pyridine rings is 1. The Balaban J connectivity index is 1.11. The first-order valence-electron chi connectivity index (χ1n) is 17.9. The minimum absolute atomic E-state index is 0.0351. The number of hydrogen-bond acceptors (Lipinski definition) is 11. The lowest BCUT2D eigenvalue weighted by Crippen LogP contribution is -2.33. The van der Waals surface area contributed by atoms with Crippen molar-refractivity contribution in [1.29, 1.82) is 0 Å². The molecule has 0 spiro atoms. The first-order chi connectivity index (χ1) is 26.4. The fourth-order valence-electron chi connectivity index (χ4n) is 6.86. The van der Waals surface area contributed by atoms with Gasteiger partial charge >= 0.3 is 5.97 Å². The molecular formula is C38H39Cl2F2N9O4. The number of fused-ring (bicyclic) bond motifs is 2. The number of amides is 1. The Labute approximate surface area is 325 Å². The molecule has 13 nitrogen and oxygen atoms in total. The lowest BCUT2D eigenvalue weighted by Gasteiger charge is -2.24. The highest BCUT2D eigenvalue weighted by Crippen LogP contribution is 2.41. The molecule has 5 aromatic rings. The number of aliphatic hydroxyl groups excluding tert-OH is 1. The molecular weight excluding hydrogens is 755 g/mol. The maximum atomic E-state index is 14.0. The van der Waals surface area contributed by atoms with E-state index < -0.39 is 24.3 Å². The number of ether oxygens (including phenoxy) is 1. The molecule has 0 bridgehead atoms. The number of benzene rings is 2. The van der Waals surface area contributed by atoms with Crippen LogP contribution < -0.4 is 16.0 Å². The predicted molar refractivity (Wildman–Crippen MR) is 205 cm³/mol. The molecule has 1 amide bonds. The molecule has 288 valence electrons. The van der Waals surface area contributed by atoms with Crippen LogP contribution in [0.1, 0.15) is 73.1 Å². The van der Waals surface area contributed by atoms with Gasteiger partial charge in [-0.05, 0) is 62.9 Å². The SMILES string of the molecule is CC(C)OC(=O)CN[C@H]1CCCn2nc(C(=O)Nc3cccc(-c4cccc(Nc5nc(C(F)F)nc6cc(CN7CC[C@@H](O)C7)cnc56)c4Cl)c3Cl)cc21. The van der Waals surface area contributed by atoms with Gasteiger partial charge in [0.2, 0.25) is 0 Å². The monoisotopic (exact) mass is 793 g/mol. The Bertz CT molecular complexity index is 2240. The van der Waals surface area contributed by atoms with Gasteiger partial charge in [-0.2, -0.15) is 5.10 Å². The second-order valence-electron chi connectivity index (χ2n) is 13.8. The van der Waals surface area contributed by atoms with Gasteiger partial charge in [0.25, 0.3) is 12.3 Å². The molecule has 2 aromatic carbocycles. The second-order valence-corrected chi connectivity index (χ2v) is 14.6. The van der Waals surface area contributed by atoms with Gasteiger partial charge < -0.3 is 20.5 Å². The van der Waals surface area contributed by atoms with Gasteiger partial charge in [-0.1, -0.05) is 47.5 Å². The van der Waals surface area contributed by atoms with Crippen LogP contribution in [0.25, 0.3) is 22.2 Å². The van der Waals surface area contributed by atoms with E-state index in [0.29, 0.717) is 48.6 Å². The molecule has 2 aliphatic heterocycles. The van der Waals surface area contributed by atoms with E-state index in [-0.39, 0.29) is 57.3 Å². The summed E-state index contributed by atoms with van der Waals surface area (Å²) in [7, 11) is 0. The standard InChI is InChI=1S/C38H39Cl2F2N9O4/c1-20(2)55-31(53)17-43-25-10-5-12-51-30(25)15-29(49-51)38(54)47-27-9-4-7-24(33(27)40)23-6-3-8-26(32(23)39)45-36-34-28(46-37(48-36)35(41)42)14-21(16-44-34)18-50-13-11-22(52)19-50/h3-4,6-9,14-16,20,22,25,35,43,52H,5,10-13,17-19H2,1-2H3,(H,47,54)(H,45,46,48)/t22-,25+/m1/s1. The van der Waals surface area contributed by atoms with Crippen molar-refractivity contribution in [2.45, 2.75) is 70.9 Å². The average molecular weight is 795 g/mol. The van der Waals surface area contributed by atoms with Crippen LogP contribution in [-0.4, -0.2) is 78.5 Å². The molecule has 0 unspecified atom stereocenters. The summed E-state index contributed by atoms with van der Waals surface area (Å²) in [5, 5.41) is 24.0. The summed E-state index contributed by atoms with van der Waals surface area (Å²) >= 11 is 13.9. The van der Waals surface area contributed by atoms with Crippen LogP contribution in [0.5, 0.6) is 0 Å². The number of rotatable bonds is 12. The first kappa shape index (κ1) is 38.5. The van der Waals surface area contributed by atoms with Crippen LogP contribution in [0.3, 0.4) is 0 Å². The Hall–Kier alpha value is -4.80. The highest BCUT2D eigenvalue weighted by molar-refractivity contribution is 6.39. The average Bonchev–Trinajstić information content (AvgIpc) is 3.78. The number of nitrogens with one attached hydrogen (secondary N) is 3. The molecule has 3 aromatic heterocycles. The maximum absolute atomic E-state index is 14.0. The summed E-state index contributed by atoms with van der Waals surface area (Å²) < 4.78 is 35.0. The molecule has 2 atom stereocenters. The molecule has 55 heavy (non-hydrogen) atoms. The van der Waals surface area contributed by atoms with Crippen molar-refractivity contribution >= 4 is 63.3 Å². The smallest absolute Gasteiger partial charge is 0.320 e. The fraction of sp³-hybridized carbons (Fsp3) is 0.368. The number of nitrogens with zero attached hydrogens (tertiary/aromatic N) is 6. The number of likely N-dealkylation sites (tertiary alicyclic amines) is 1. The topological polar surface area (TPSA) is 159 Å². The van der Waals surface area contributed by atoms with E-state index in [1.165, 1.54) is 0 Å². The summed E-state index contributed by atoms with van der Waals surface area (Å²) in [6.45, 7) is 5.98. The highest BCUT2D eigenvalue weighted by atomic mass is 35.5. The van der Waals surface area contributed by atoms with Gasteiger partial charge in [-0.25, -0.2) is 18.7 Å². The van der Waals surface area contributed by atoms with Crippen molar-refractivity contribution in [3.63, 3.8) is 0 Å². The van der Waals surface area contributed by atoms with Crippen molar-refractivity contribution in [2.24, 2.45) is 0 Å². The van der Waals surface area contributed by atoms with E-state index in [4.69, 9.17) is 27.9 Å². The Morgan fingerprint density at radius 1 is 1.02 bits per heavy atom. The third kappa shape index (κ3) is 8.71. The number of aliphatic hydroxyl groups is 1. The first-order valence-corrected chi connectivity index (χ1v) is 18.7. The van der Waals surface area contributed by atoms with Gasteiger partial charge in [-0.3, -0.25) is 29.5 Å². The Morgan fingerprint density at radius 3 is 2.47 bits per heavy atom. The number of esters is 1. The molecule has 0 aliphatic carbocycles. The van der Waals surface area contributed by atoms with Crippen molar-refractivity contribution in [1.82, 2.24) is 34.9 Å². The minimum Gasteiger partial charge on any atom is -0.462 e. The lowest BCUT2D eigenvalue weighted by atomic mass is 10.0. The van der Waals surface area contributed by atoms with Gasteiger partial charge in [0.15, 0.2) is 17.3 Å². The van der Waals surface area contributed by atoms with Crippen LogP contribution in [0.2, 0.25) is 10.0 Å². The van der Waals surface area contributed by atoms with Crippen molar-refractivity contribution in [2.75, 3.05) is 30.3 Å². The third-order valence-electron chi connectivity index (χ3n) is 9.37. The highest BCUT2D eigenvalue weighted by Gasteiger charge is 2.27. The normalized spacial score (nSPS) is 17.2. The maximum Gasteiger partial charge on any atom is 0.320 e. The molecule has 4 N–H and O–H groups in total. The van der Waals surface area contributed by atoms with E-state index in [1.807, 2.05) is 0 Å². The van der Waals surface area contributed by atoms with E-state index in [9.17, 15) is 23.5 Å². The van der Waals surface area contributed by atoms with Crippen LogP contribution >= 0.6 is 23.2 Å². The Kier molecular flexibility index (Phi) is 11.6. The van der Waals surface area contributed by atoms with E-state index in [0.717, 1.165) is 30.6 Å². The van der Waals surface area contributed by atoms with Gasteiger partial charge in [-0.15, -0.1) is 0 Å². The number of carbonyl (C=O) groups is 2. The number of aromatic nitrogens is 5. The molecule has 7 rings (SSSR count). The van der Waals surface area contributed by atoms with Crippen molar-refractivity contribution in [3.8, 4) is 11.1 Å². The van der Waals surface area contributed by atoms with E-state index in [1.54, 1.807) is 73.3 Å². The van der Waals surface area contributed by atoms with Crippen LogP contribution in [-0.2, 0) is 22.6 Å². The van der Waals surface area contributed by atoms with Gasteiger partial charge in [0.1, 0.15) is 5.52 Å². The molecule has 1 fully saturated rings. The summed E-state index contributed by atoms with van der Waals surface area (Å²) in [5.74, 6) is -1.45. The molecule has 5 heterocycles. The molecule has 0 radical (unpaired) electrons. The molecule has 2 aliphatic rings. The lowest BCUT2D eigenvalue weighted by molar-refractivity contribution is -0.146. The fourth-order valence-corrected chi connectivity index (χ4v) is 7.41. The zero-order valence-corrected chi connectivity index (χ0v) is 31.5. The number of halogens is 4. The summed E-state index contributed by atoms with van der Waals surface area (Å²) in [5.41, 5.74) is 3.94. The number of carbonyl (C=O) groups excluding carboxylic acids is 2. The molecule has 1 saturated heterocycles. The molecule has 17 heteroatoms. The van der Waals surface area contributed by atoms with E-state index in [2.05, 4.69) is 40.9 Å². The third-order valence-corrected chi connectivity index (χ3v) is 10.2. The van der Waals surface area contributed by atoms with Gasteiger partial charge in [0.05, 0.1) is 51.4 Å². The molecule has 0 saturated carbocycles. The van der Waals surface area contributed by atoms with Crippen molar-refractivity contribution < 1.29 is 28.2 Å². The number of β-amino-alcohol motifs (C(OH)–C–C–N with tert-alkyl or cyclic N) is 1. The second kappa shape index (κ2) is 16.5. The number of anilines is 3. The quantitative estimate of drug-likeness (QED) is 0.0958.